The maximum atomic E-state index is 11.6. The van der Waals surface area contributed by atoms with Crippen molar-refractivity contribution < 1.29 is 28.8 Å². The van der Waals surface area contributed by atoms with E-state index >= 15 is 0 Å². The zero-order chi connectivity index (χ0) is 14.6. The first-order chi connectivity index (χ1) is 9.54. The summed E-state index contributed by atoms with van der Waals surface area (Å²) in [6, 6.07) is 0. The van der Waals surface area contributed by atoms with Crippen molar-refractivity contribution in [3.05, 3.63) is 0 Å². The number of ether oxygens (including phenoxy) is 4. The molecule has 0 aliphatic carbocycles. The van der Waals surface area contributed by atoms with E-state index in [0.717, 1.165) is 12.8 Å². The average Bonchev–Trinajstić information content (AvgIpc) is 2.78. The molecular weight excluding hydrogens is 264 g/mol. The molecule has 2 aliphatic rings. The van der Waals surface area contributed by atoms with Gasteiger partial charge in [0.1, 0.15) is 18.3 Å². The fourth-order valence-corrected chi connectivity index (χ4v) is 2.40. The first kappa shape index (κ1) is 15.7. The number of carbonyl (C=O) groups is 1. The van der Waals surface area contributed by atoms with E-state index in [0.29, 0.717) is 19.6 Å². The van der Waals surface area contributed by atoms with Crippen LogP contribution >= 0.6 is 0 Å². The Balaban J connectivity index is 1.75. The van der Waals surface area contributed by atoms with Crippen molar-refractivity contribution in [2.45, 2.75) is 63.6 Å². The molecule has 2 aliphatic heterocycles. The van der Waals surface area contributed by atoms with Gasteiger partial charge in [0, 0.05) is 6.42 Å². The Kier molecular flexibility index (Phi) is 5.37. The monoisotopic (exact) mass is 288 g/mol. The minimum absolute atomic E-state index is 0.213. The molecular formula is C14H24O6. The second kappa shape index (κ2) is 6.85. The van der Waals surface area contributed by atoms with Gasteiger partial charge in [0.15, 0.2) is 5.79 Å². The lowest BCUT2D eigenvalue weighted by Crippen LogP contribution is -2.51. The normalized spacial score (nSPS) is 36.6. The molecule has 0 spiro atoms. The van der Waals surface area contributed by atoms with Crippen LogP contribution in [0.2, 0.25) is 0 Å². The zero-order valence-electron chi connectivity index (χ0n) is 12.2. The Hall–Kier alpha value is -0.690. The quantitative estimate of drug-likeness (QED) is 0.580. The van der Waals surface area contributed by atoms with Crippen molar-refractivity contribution in [1.82, 2.24) is 0 Å². The number of fused-ring (bicyclic) bond motifs is 1. The second-order valence-electron chi connectivity index (χ2n) is 5.54. The summed E-state index contributed by atoms with van der Waals surface area (Å²) >= 11 is 0. The van der Waals surface area contributed by atoms with E-state index in [1.54, 1.807) is 6.92 Å². The molecule has 2 rings (SSSR count). The molecule has 2 saturated heterocycles. The Morgan fingerprint density at radius 2 is 2.25 bits per heavy atom. The lowest BCUT2D eigenvalue weighted by molar-refractivity contribution is -0.311. The summed E-state index contributed by atoms with van der Waals surface area (Å²) in [5.74, 6) is -1.10. The third-order valence-electron chi connectivity index (χ3n) is 3.71. The summed E-state index contributed by atoms with van der Waals surface area (Å²) in [4.78, 5) is 11.6. The second-order valence-corrected chi connectivity index (χ2v) is 5.54. The Morgan fingerprint density at radius 1 is 1.45 bits per heavy atom. The van der Waals surface area contributed by atoms with Crippen LogP contribution in [-0.4, -0.2) is 55.0 Å². The molecule has 6 heteroatoms. The van der Waals surface area contributed by atoms with E-state index in [1.165, 1.54) is 0 Å². The predicted octanol–water partition coefficient (Wildman–Crippen LogP) is 1.00. The summed E-state index contributed by atoms with van der Waals surface area (Å²) in [6.07, 6.45) is 1.32. The molecule has 4 atom stereocenters. The molecule has 0 amide bonds. The van der Waals surface area contributed by atoms with Crippen molar-refractivity contribution in [2.75, 3.05) is 19.8 Å². The summed E-state index contributed by atoms with van der Waals surface area (Å²) in [6.45, 7) is 4.94. The largest absolute Gasteiger partial charge is 0.466 e. The SMILES string of the molecule is CCCCOC(=O)CC[C@]1(C)OC[C@@H]2OC[C@@H](O)[C@@H]2O1. The maximum absolute atomic E-state index is 11.6. The van der Waals surface area contributed by atoms with Crippen LogP contribution in [0.25, 0.3) is 0 Å². The highest BCUT2D eigenvalue weighted by Gasteiger charge is 2.47. The van der Waals surface area contributed by atoms with Gasteiger partial charge in [-0.05, 0) is 13.3 Å². The van der Waals surface area contributed by atoms with Crippen molar-refractivity contribution in [3.8, 4) is 0 Å². The summed E-state index contributed by atoms with van der Waals surface area (Å²) in [7, 11) is 0. The fraction of sp³-hybridized carbons (Fsp3) is 0.929. The molecule has 1 N–H and O–H groups in total. The fourth-order valence-electron chi connectivity index (χ4n) is 2.40. The van der Waals surface area contributed by atoms with E-state index in [4.69, 9.17) is 18.9 Å². The van der Waals surface area contributed by atoms with E-state index < -0.39 is 11.9 Å². The van der Waals surface area contributed by atoms with Gasteiger partial charge in [-0.2, -0.15) is 0 Å². The summed E-state index contributed by atoms with van der Waals surface area (Å²) in [5.41, 5.74) is 0. The van der Waals surface area contributed by atoms with Crippen LogP contribution in [0.15, 0.2) is 0 Å². The Labute approximate surface area is 119 Å². The lowest BCUT2D eigenvalue weighted by Gasteiger charge is -2.40. The van der Waals surface area contributed by atoms with Gasteiger partial charge in [0.05, 0.1) is 26.2 Å². The van der Waals surface area contributed by atoms with Crippen LogP contribution in [-0.2, 0) is 23.7 Å². The lowest BCUT2D eigenvalue weighted by atomic mass is 10.1. The standard InChI is InChI=1S/C14H24O6/c1-3-4-7-17-12(16)5-6-14(2)19-9-11-13(20-14)10(15)8-18-11/h10-11,13,15H,3-9H2,1-2H3/t10-,11+,13+,14-/m1/s1. The van der Waals surface area contributed by atoms with Gasteiger partial charge in [-0.25, -0.2) is 0 Å². The molecule has 0 aromatic carbocycles. The molecule has 0 bridgehead atoms. The van der Waals surface area contributed by atoms with Crippen LogP contribution in [0, 0.1) is 0 Å². The van der Waals surface area contributed by atoms with Crippen LogP contribution in [0.5, 0.6) is 0 Å². The third kappa shape index (κ3) is 3.91. The maximum Gasteiger partial charge on any atom is 0.305 e. The number of hydrogen-bond donors (Lipinski definition) is 1. The predicted molar refractivity (Wildman–Crippen MR) is 70.1 cm³/mol. The van der Waals surface area contributed by atoms with Crippen LogP contribution in [0.4, 0.5) is 0 Å². The third-order valence-corrected chi connectivity index (χ3v) is 3.71. The van der Waals surface area contributed by atoms with Crippen LogP contribution in [0.1, 0.15) is 39.5 Å². The van der Waals surface area contributed by atoms with E-state index in [-0.39, 0.29) is 31.2 Å². The summed E-state index contributed by atoms with van der Waals surface area (Å²) in [5, 5.41) is 9.78. The summed E-state index contributed by atoms with van der Waals surface area (Å²) < 4.78 is 21.9. The average molecular weight is 288 g/mol. The first-order valence-corrected chi connectivity index (χ1v) is 7.31. The van der Waals surface area contributed by atoms with E-state index in [9.17, 15) is 9.90 Å². The molecule has 2 fully saturated rings. The topological polar surface area (TPSA) is 74.2 Å². The number of aliphatic hydroxyl groups excluding tert-OH is 1. The highest BCUT2D eigenvalue weighted by Crippen LogP contribution is 2.33. The molecule has 116 valence electrons. The van der Waals surface area contributed by atoms with Gasteiger partial charge in [0.25, 0.3) is 0 Å². The zero-order valence-corrected chi connectivity index (χ0v) is 12.2. The van der Waals surface area contributed by atoms with Crippen LogP contribution < -0.4 is 0 Å². The van der Waals surface area contributed by atoms with Crippen molar-refractivity contribution in [1.29, 1.82) is 0 Å². The van der Waals surface area contributed by atoms with Crippen molar-refractivity contribution in [3.63, 3.8) is 0 Å². The van der Waals surface area contributed by atoms with Crippen molar-refractivity contribution in [2.24, 2.45) is 0 Å². The molecule has 0 aromatic rings. The van der Waals surface area contributed by atoms with Gasteiger partial charge in [-0.3, -0.25) is 4.79 Å². The number of hydrogen-bond acceptors (Lipinski definition) is 6. The number of rotatable bonds is 6. The smallest absolute Gasteiger partial charge is 0.305 e. The minimum atomic E-state index is -0.861. The van der Waals surface area contributed by atoms with Gasteiger partial charge >= 0.3 is 5.97 Å². The molecule has 2 heterocycles. The van der Waals surface area contributed by atoms with Gasteiger partial charge in [-0.1, -0.05) is 13.3 Å². The van der Waals surface area contributed by atoms with Gasteiger partial charge < -0.3 is 24.1 Å². The van der Waals surface area contributed by atoms with Crippen LogP contribution in [0.3, 0.4) is 0 Å². The van der Waals surface area contributed by atoms with Crippen molar-refractivity contribution >= 4 is 5.97 Å². The van der Waals surface area contributed by atoms with Gasteiger partial charge in [0.2, 0.25) is 0 Å². The molecule has 6 nitrogen and oxygen atoms in total. The molecule has 0 aromatic heterocycles. The highest BCUT2D eigenvalue weighted by atomic mass is 16.7. The Bertz CT molecular complexity index is 334. The first-order valence-electron chi connectivity index (χ1n) is 7.31. The number of esters is 1. The van der Waals surface area contributed by atoms with E-state index in [2.05, 4.69) is 0 Å². The number of unbranched alkanes of at least 4 members (excludes halogenated alkanes) is 1. The van der Waals surface area contributed by atoms with Gasteiger partial charge in [-0.15, -0.1) is 0 Å². The number of aliphatic hydroxyl groups is 1. The number of carbonyl (C=O) groups excluding carboxylic acids is 1. The minimum Gasteiger partial charge on any atom is -0.466 e. The van der Waals surface area contributed by atoms with E-state index in [1.807, 2.05) is 6.92 Å². The molecule has 20 heavy (non-hydrogen) atoms. The molecule has 0 unspecified atom stereocenters. The Morgan fingerprint density at radius 3 is 3.00 bits per heavy atom. The highest BCUT2D eigenvalue weighted by molar-refractivity contribution is 5.69. The molecule has 0 saturated carbocycles. The molecule has 0 radical (unpaired) electrons.